The molecule has 1 heterocycles. The predicted octanol–water partition coefficient (Wildman–Crippen LogP) is 4.61. The van der Waals surface area contributed by atoms with E-state index in [9.17, 15) is 14.4 Å². The Balaban J connectivity index is 1.76. The van der Waals surface area contributed by atoms with Gasteiger partial charge in [-0.15, -0.1) is 0 Å². The van der Waals surface area contributed by atoms with Crippen LogP contribution in [0, 0.1) is 12.8 Å². The van der Waals surface area contributed by atoms with E-state index < -0.39 is 23.7 Å². The minimum Gasteiger partial charge on any atom is -0.445 e. The molecule has 1 atom stereocenters. The molecule has 0 aliphatic rings. The summed E-state index contributed by atoms with van der Waals surface area (Å²) in [7, 11) is 0. The average molecular weight is 444 g/mol. The smallest absolute Gasteiger partial charge is 0.408 e. The molecule has 0 fully saturated rings. The minimum atomic E-state index is -0.987. The van der Waals surface area contributed by atoms with Gasteiger partial charge in [-0.25, -0.2) is 14.4 Å². The van der Waals surface area contributed by atoms with Crippen molar-refractivity contribution in [3.05, 3.63) is 75.1 Å². The molecule has 31 heavy (non-hydrogen) atoms. The van der Waals surface area contributed by atoms with Gasteiger partial charge in [0.15, 0.2) is 0 Å². The molecule has 1 amide bonds. The number of fused-ring (bicyclic) bond motifs is 1. The molecule has 3 aromatic rings. The second-order valence-electron chi connectivity index (χ2n) is 7.38. The van der Waals surface area contributed by atoms with Crippen molar-refractivity contribution in [2.75, 3.05) is 0 Å². The number of carbonyl (C=O) groups is 2. The fraction of sp³-hybridized carbons (Fsp3) is 0.261. The van der Waals surface area contributed by atoms with E-state index in [-0.39, 0.29) is 23.9 Å². The number of benzene rings is 2. The summed E-state index contributed by atoms with van der Waals surface area (Å²) < 4.78 is 15.8. The van der Waals surface area contributed by atoms with Gasteiger partial charge in [-0.3, -0.25) is 0 Å². The molecule has 0 saturated carbocycles. The topological polar surface area (TPSA) is 94.8 Å². The van der Waals surface area contributed by atoms with Crippen molar-refractivity contribution in [2.24, 2.45) is 5.92 Å². The quantitative estimate of drug-likeness (QED) is 0.441. The maximum absolute atomic E-state index is 12.8. The van der Waals surface area contributed by atoms with E-state index in [1.165, 1.54) is 6.07 Å². The summed E-state index contributed by atoms with van der Waals surface area (Å²) in [6.07, 6.45) is -0.750. The Morgan fingerprint density at radius 2 is 1.84 bits per heavy atom. The van der Waals surface area contributed by atoms with Crippen molar-refractivity contribution in [3.8, 4) is 5.75 Å². The Hall–Kier alpha value is -3.32. The molecular weight excluding hydrogens is 422 g/mol. The summed E-state index contributed by atoms with van der Waals surface area (Å²) in [5, 5.41) is 3.37. The summed E-state index contributed by atoms with van der Waals surface area (Å²) >= 11 is 6.09. The van der Waals surface area contributed by atoms with E-state index in [0.717, 1.165) is 17.2 Å². The number of ether oxygens (including phenoxy) is 2. The molecule has 0 aliphatic heterocycles. The Morgan fingerprint density at radius 1 is 1.13 bits per heavy atom. The summed E-state index contributed by atoms with van der Waals surface area (Å²) in [4.78, 5) is 36.9. The molecule has 3 rings (SSSR count). The summed E-state index contributed by atoms with van der Waals surface area (Å²) in [6, 6.07) is 12.4. The van der Waals surface area contributed by atoms with Crippen molar-refractivity contribution in [3.63, 3.8) is 0 Å². The van der Waals surface area contributed by atoms with E-state index in [1.807, 2.05) is 30.3 Å². The van der Waals surface area contributed by atoms with E-state index >= 15 is 0 Å². The number of aryl methyl sites for hydroxylation is 1. The van der Waals surface area contributed by atoms with Gasteiger partial charge in [0.1, 0.15) is 24.0 Å². The van der Waals surface area contributed by atoms with Gasteiger partial charge in [-0.1, -0.05) is 55.8 Å². The molecular formula is C23H22ClNO6. The normalized spacial score (nSPS) is 11.9. The highest BCUT2D eigenvalue weighted by Gasteiger charge is 2.28. The molecule has 7 nitrogen and oxygen atoms in total. The molecule has 1 aromatic heterocycles. The minimum absolute atomic E-state index is 0.0288. The Bertz CT molecular complexity index is 1160. The molecule has 1 unspecified atom stereocenters. The molecule has 8 heteroatoms. The van der Waals surface area contributed by atoms with Gasteiger partial charge < -0.3 is 19.2 Å². The first-order valence-corrected chi connectivity index (χ1v) is 10.1. The van der Waals surface area contributed by atoms with Crippen LogP contribution in [0.25, 0.3) is 11.0 Å². The third-order valence-electron chi connectivity index (χ3n) is 4.60. The fourth-order valence-corrected chi connectivity index (χ4v) is 3.06. The van der Waals surface area contributed by atoms with Crippen molar-refractivity contribution >= 4 is 34.6 Å². The van der Waals surface area contributed by atoms with Crippen LogP contribution in [0.3, 0.4) is 0 Å². The van der Waals surface area contributed by atoms with Crippen LogP contribution < -0.4 is 15.7 Å². The summed E-state index contributed by atoms with van der Waals surface area (Å²) in [5.41, 5.74) is 1.05. The van der Waals surface area contributed by atoms with E-state index in [4.69, 9.17) is 25.5 Å². The number of hydrogen-bond donors (Lipinski definition) is 1. The van der Waals surface area contributed by atoms with E-state index in [1.54, 1.807) is 26.8 Å². The Labute approximate surface area is 183 Å². The molecule has 0 spiro atoms. The van der Waals surface area contributed by atoms with Crippen LogP contribution in [0.5, 0.6) is 5.75 Å². The number of hydrogen-bond acceptors (Lipinski definition) is 6. The maximum atomic E-state index is 12.8. The van der Waals surface area contributed by atoms with Gasteiger partial charge in [0.05, 0.1) is 11.5 Å². The van der Waals surface area contributed by atoms with Crippen molar-refractivity contribution in [1.82, 2.24) is 5.32 Å². The molecule has 0 radical (unpaired) electrons. The SMILES string of the molecule is Cc1cc2c(OC(=O)C(NC(=O)OCc3ccccc3)C(C)C)cc(=O)oc2cc1Cl. The summed E-state index contributed by atoms with van der Waals surface area (Å²) in [5.74, 6) is -0.994. The molecule has 0 aliphatic carbocycles. The Kier molecular flexibility index (Phi) is 6.97. The van der Waals surface area contributed by atoms with Crippen LogP contribution >= 0.6 is 11.6 Å². The lowest BCUT2D eigenvalue weighted by molar-refractivity contribution is -0.137. The van der Waals surface area contributed by atoms with Crippen LogP contribution in [0.4, 0.5) is 4.79 Å². The number of nitrogens with one attached hydrogen (secondary N) is 1. The van der Waals surface area contributed by atoms with Gasteiger partial charge in [-0.05, 0) is 30.0 Å². The molecule has 1 N–H and O–H groups in total. The number of rotatable bonds is 6. The van der Waals surface area contributed by atoms with Gasteiger partial charge in [0.25, 0.3) is 0 Å². The lowest BCUT2D eigenvalue weighted by atomic mass is 10.1. The van der Waals surface area contributed by atoms with Gasteiger partial charge in [0, 0.05) is 11.1 Å². The zero-order chi connectivity index (χ0) is 22.5. The first-order valence-electron chi connectivity index (χ1n) is 9.67. The van der Waals surface area contributed by atoms with Crippen molar-refractivity contribution < 1.29 is 23.5 Å². The zero-order valence-electron chi connectivity index (χ0n) is 17.3. The first kappa shape index (κ1) is 22.4. The zero-order valence-corrected chi connectivity index (χ0v) is 18.1. The van der Waals surface area contributed by atoms with Gasteiger partial charge in [0.2, 0.25) is 0 Å². The van der Waals surface area contributed by atoms with Gasteiger partial charge in [-0.2, -0.15) is 0 Å². The highest BCUT2D eigenvalue weighted by atomic mass is 35.5. The van der Waals surface area contributed by atoms with E-state index in [0.29, 0.717) is 10.4 Å². The maximum Gasteiger partial charge on any atom is 0.408 e. The standard InChI is InChI=1S/C23H22ClNO6/c1-13(2)21(25-23(28)29-12-15-7-5-4-6-8-15)22(27)31-19-11-20(26)30-18-10-17(24)14(3)9-16(18)19/h4-11,13,21H,12H2,1-3H3,(H,25,28). The molecule has 0 saturated heterocycles. The number of alkyl carbamates (subject to hydrolysis) is 1. The Morgan fingerprint density at radius 3 is 2.52 bits per heavy atom. The second-order valence-corrected chi connectivity index (χ2v) is 7.78. The van der Waals surface area contributed by atoms with Crippen LogP contribution in [0.1, 0.15) is 25.0 Å². The third kappa shape index (κ3) is 5.64. The molecule has 162 valence electrons. The third-order valence-corrected chi connectivity index (χ3v) is 5.01. The van der Waals surface area contributed by atoms with Crippen molar-refractivity contribution in [2.45, 2.75) is 33.4 Å². The lowest BCUT2D eigenvalue weighted by Gasteiger charge is -2.20. The molecule has 0 bridgehead atoms. The molecule has 2 aromatic carbocycles. The largest absolute Gasteiger partial charge is 0.445 e. The fourth-order valence-electron chi connectivity index (χ4n) is 2.91. The van der Waals surface area contributed by atoms with Gasteiger partial charge >= 0.3 is 17.7 Å². The van der Waals surface area contributed by atoms with Crippen LogP contribution in [-0.2, 0) is 16.1 Å². The summed E-state index contributed by atoms with van der Waals surface area (Å²) in [6.45, 7) is 5.35. The van der Waals surface area contributed by atoms with Crippen LogP contribution in [0.2, 0.25) is 5.02 Å². The monoisotopic (exact) mass is 443 g/mol. The van der Waals surface area contributed by atoms with Crippen molar-refractivity contribution in [1.29, 1.82) is 0 Å². The highest BCUT2D eigenvalue weighted by molar-refractivity contribution is 6.32. The lowest BCUT2D eigenvalue weighted by Crippen LogP contribution is -2.46. The number of amides is 1. The first-order chi connectivity index (χ1) is 14.7. The average Bonchev–Trinajstić information content (AvgIpc) is 2.72. The van der Waals surface area contributed by atoms with E-state index in [2.05, 4.69) is 5.32 Å². The highest BCUT2D eigenvalue weighted by Crippen LogP contribution is 2.29. The van der Waals surface area contributed by atoms with Crippen LogP contribution in [0.15, 0.2) is 57.7 Å². The second kappa shape index (κ2) is 9.66. The van der Waals surface area contributed by atoms with Crippen LogP contribution in [-0.4, -0.2) is 18.1 Å². The number of halogens is 1. The number of carbonyl (C=O) groups excluding carboxylic acids is 2. The number of esters is 1. The predicted molar refractivity (Wildman–Crippen MR) is 116 cm³/mol.